The third-order valence-corrected chi connectivity index (χ3v) is 4.93. The van der Waals surface area contributed by atoms with E-state index in [1.54, 1.807) is 35.5 Å². The maximum absolute atomic E-state index is 12.5. The van der Waals surface area contributed by atoms with E-state index in [1.807, 2.05) is 0 Å². The molecule has 0 bridgehead atoms. The summed E-state index contributed by atoms with van der Waals surface area (Å²) < 4.78 is 4.91. The number of fused-ring (bicyclic) bond motifs is 1. The maximum atomic E-state index is 12.5. The third kappa shape index (κ3) is 3.16. The number of furan rings is 1. The smallest absolute Gasteiger partial charge is 0.260 e. The standard InChI is InChI=1S/C17H14N4O3S/c22-15(12-4-7-24-10-12)20-17-19-13-3-6-21(9-14(13)25-17)16(23)11-2-1-5-18-8-11/h1-2,4-5,7-8,10H,3,6,9H2,(H,19,20,22). The quantitative estimate of drug-likeness (QED) is 0.781. The second-order valence-electron chi connectivity index (χ2n) is 5.57. The summed E-state index contributed by atoms with van der Waals surface area (Å²) in [7, 11) is 0. The van der Waals surface area contributed by atoms with Crippen molar-refractivity contribution >= 4 is 28.3 Å². The van der Waals surface area contributed by atoms with Gasteiger partial charge in [-0.2, -0.15) is 0 Å². The normalized spacial score (nSPS) is 13.4. The van der Waals surface area contributed by atoms with Crippen molar-refractivity contribution in [1.29, 1.82) is 0 Å². The minimum absolute atomic E-state index is 0.0452. The number of aromatic nitrogens is 2. The minimum Gasteiger partial charge on any atom is -0.472 e. The third-order valence-electron chi connectivity index (χ3n) is 3.93. The zero-order chi connectivity index (χ0) is 17.2. The summed E-state index contributed by atoms with van der Waals surface area (Å²) >= 11 is 1.39. The first-order chi connectivity index (χ1) is 12.2. The molecule has 0 aliphatic carbocycles. The van der Waals surface area contributed by atoms with Crippen molar-refractivity contribution in [3.8, 4) is 0 Å². The van der Waals surface area contributed by atoms with Crippen molar-refractivity contribution in [3.63, 3.8) is 0 Å². The largest absolute Gasteiger partial charge is 0.472 e. The maximum Gasteiger partial charge on any atom is 0.260 e. The SMILES string of the molecule is O=C(Nc1nc2c(s1)CN(C(=O)c1cccnc1)CC2)c1ccoc1. The van der Waals surface area contributed by atoms with E-state index < -0.39 is 0 Å². The Morgan fingerprint density at radius 2 is 2.20 bits per heavy atom. The van der Waals surface area contributed by atoms with E-state index in [2.05, 4.69) is 15.3 Å². The molecule has 0 saturated carbocycles. The molecule has 4 rings (SSSR count). The van der Waals surface area contributed by atoms with E-state index in [4.69, 9.17) is 4.42 Å². The van der Waals surface area contributed by atoms with Crippen LogP contribution in [0, 0.1) is 0 Å². The summed E-state index contributed by atoms with van der Waals surface area (Å²) in [6.07, 6.45) is 6.71. The molecule has 3 aromatic heterocycles. The average Bonchev–Trinajstić information content (AvgIpc) is 3.30. The molecule has 0 aromatic carbocycles. The first-order valence-corrected chi connectivity index (χ1v) is 8.54. The number of nitrogens with one attached hydrogen (secondary N) is 1. The number of carbonyl (C=O) groups excluding carboxylic acids is 2. The molecular weight excluding hydrogens is 340 g/mol. The van der Waals surface area contributed by atoms with Gasteiger partial charge in [0.25, 0.3) is 11.8 Å². The van der Waals surface area contributed by atoms with Crippen LogP contribution < -0.4 is 5.32 Å². The molecule has 126 valence electrons. The highest BCUT2D eigenvalue weighted by atomic mass is 32.1. The number of amides is 2. The highest BCUT2D eigenvalue weighted by Gasteiger charge is 2.25. The van der Waals surface area contributed by atoms with Gasteiger partial charge in [-0.05, 0) is 18.2 Å². The molecule has 0 atom stereocenters. The predicted molar refractivity (Wildman–Crippen MR) is 91.5 cm³/mol. The molecule has 0 saturated heterocycles. The molecule has 0 fully saturated rings. The van der Waals surface area contributed by atoms with Gasteiger partial charge < -0.3 is 9.32 Å². The van der Waals surface area contributed by atoms with Crippen molar-refractivity contribution < 1.29 is 14.0 Å². The van der Waals surface area contributed by atoms with Crippen LogP contribution in [0.2, 0.25) is 0 Å². The predicted octanol–water partition coefficient (Wildman–Crippen LogP) is 2.58. The van der Waals surface area contributed by atoms with Gasteiger partial charge in [0, 0.05) is 30.2 Å². The van der Waals surface area contributed by atoms with Gasteiger partial charge in [-0.15, -0.1) is 0 Å². The van der Waals surface area contributed by atoms with Crippen molar-refractivity contribution in [2.75, 3.05) is 11.9 Å². The van der Waals surface area contributed by atoms with Gasteiger partial charge in [-0.25, -0.2) is 4.98 Å². The Kier molecular flexibility index (Phi) is 4.02. The zero-order valence-corrected chi connectivity index (χ0v) is 14.0. The lowest BCUT2D eigenvalue weighted by Crippen LogP contribution is -2.35. The molecule has 4 heterocycles. The van der Waals surface area contributed by atoms with Gasteiger partial charge in [0.2, 0.25) is 0 Å². The highest BCUT2D eigenvalue weighted by molar-refractivity contribution is 7.15. The first kappa shape index (κ1) is 15.5. The molecular formula is C17H14N4O3S. The summed E-state index contributed by atoms with van der Waals surface area (Å²) in [5.41, 5.74) is 1.95. The Morgan fingerprint density at radius 3 is 2.96 bits per heavy atom. The van der Waals surface area contributed by atoms with Crippen LogP contribution in [0.25, 0.3) is 0 Å². The number of carbonyl (C=O) groups is 2. The monoisotopic (exact) mass is 354 g/mol. The Balaban J connectivity index is 1.48. The van der Waals surface area contributed by atoms with Crippen molar-refractivity contribution in [3.05, 3.63) is 64.8 Å². The van der Waals surface area contributed by atoms with Crippen LogP contribution in [-0.4, -0.2) is 33.2 Å². The second-order valence-corrected chi connectivity index (χ2v) is 6.66. The van der Waals surface area contributed by atoms with Crippen LogP contribution in [0.1, 0.15) is 31.3 Å². The summed E-state index contributed by atoms with van der Waals surface area (Å²) in [4.78, 5) is 35.8. The number of nitrogens with zero attached hydrogens (tertiary/aromatic N) is 3. The van der Waals surface area contributed by atoms with Crippen LogP contribution in [0.5, 0.6) is 0 Å². The van der Waals surface area contributed by atoms with Gasteiger partial charge >= 0.3 is 0 Å². The Morgan fingerprint density at radius 1 is 1.28 bits per heavy atom. The molecule has 3 aromatic rings. The van der Waals surface area contributed by atoms with Gasteiger partial charge in [0.1, 0.15) is 6.26 Å². The fourth-order valence-corrected chi connectivity index (χ4v) is 3.68. The van der Waals surface area contributed by atoms with Crippen LogP contribution in [0.15, 0.2) is 47.5 Å². The van der Waals surface area contributed by atoms with Crippen molar-refractivity contribution in [1.82, 2.24) is 14.9 Å². The van der Waals surface area contributed by atoms with Gasteiger partial charge in [0.05, 0.1) is 29.6 Å². The topological polar surface area (TPSA) is 88.3 Å². The fraction of sp³-hybridized carbons (Fsp3) is 0.176. The average molecular weight is 354 g/mol. The summed E-state index contributed by atoms with van der Waals surface area (Å²) in [6.45, 7) is 1.09. The number of hydrogen-bond acceptors (Lipinski definition) is 6. The Bertz CT molecular complexity index is 905. The van der Waals surface area contributed by atoms with Crippen molar-refractivity contribution in [2.24, 2.45) is 0 Å². The van der Waals surface area contributed by atoms with Crippen LogP contribution in [0.3, 0.4) is 0 Å². The number of hydrogen-bond donors (Lipinski definition) is 1. The zero-order valence-electron chi connectivity index (χ0n) is 13.1. The first-order valence-electron chi connectivity index (χ1n) is 7.72. The Labute approximate surface area is 147 Å². The van der Waals surface area contributed by atoms with Crippen molar-refractivity contribution in [2.45, 2.75) is 13.0 Å². The van der Waals surface area contributed by atoms with Crippen LogP contribution in [-0.2, 0) is 13.0 Å². The molecule has 1 aliphatic heterocycles. The number of anilines is 1. The summed E-state index contributed by atoms with van der Waals surface area (Å²) in [5.74, 6) is -0.306. The van der Waals surface area contributed by atoms with Crippen LogP contribution >= 0.6 is 11.3 Å². The number of pyridine rings is 1. The lowest BCUT2D eigenvalue weighted by atomic mass is 10.1. The van der Waals surface area contributed by atoms with Gasteiger partial charge in [-0.3, -0.25) is 19.9 Å². The number of thiazole rings is 1. The van der Waals surface area contributed by atoms with Gasteiger partial charge in [-0.1, -0.05) is 11.3 Å². The fourth-order valence-electron chi connectivity index (χ4n) is 2.66. The van der Waals surface area contributed by atoms with E-state index in [1.165, 1.54) is 23.9 Å². The molecule has 0 spiro atoms. The molecule has 8 heteroatoms. The second kappa shape index (κ2) is 6.48. The van der Waals surface area contributed by atoms with E-state index in [-0.39, 0.29) is 11.8 Å². The van der Waals surface area contributed by atoms with E-state index >= 15 is 0 Å². The lowest BCUT2D eigenvalue weighted by Gasteiger charge is -2.25. The highest BCUT2D eigenvalue weighted by Crippen LogP contribution is 2.29. The molecule has 1 N–H and O–H groups in total. The molecule has 1 aliphatic rings. The molecule has 25 heavy (non-hydrogen) atoms. The molecule has 2 amide bonds. The number of rotatable bonds is 3. The minimum atomic E-state index is -0.261. The van der Waals surface area contributed by atoms with E-state index in [0.717, 1.165) is 10.6 Å². The van der Waals surface area contributed by atoms with Gasteiger partial charge in [0.15, 0.2) is 5.13 Å². The van der Waals surface area contributed by atoms with E-state index in [0.29, 0.717) is 35.8 Å². The summed E-state index contributed by atoms with van der Waals surface area (Å²) in [6, 6.07) is 5.10. The molecule has 0 unspecified atom stereocenters. The van der Waals surface area contributed by atoms with Crippen LogP contribution in [0.4, 0.5) is 5.13 Å². The van der Waals surface area contributed by atoms with E-state index in [9.17, 15) is 9.59 Å². The summed E-state index contributed by atoms with van der Waals surface area (Å²) in [5, 5.41) is 3.31. The Hall–Kier alpha value is -3.00. The lowest BCUT2D eigenvalue weighted by molar-refractivity contribution is 0.0735. The molecule has 0 radical (unpaired) electrons. The molecule has 7 nitrogen and oxygen atoms in total.